The Balaban J connectivity index is 2.18. The van der Waals surface area contributed by atoms with Crippen LogP contribution in [0, 0.1) is 9.39 Å². The summed E-state index contributed by atoms with van der Waals surface area (Å²) >= 11 is 8.25. The smallest absolute Gasteiger partial charge is 0.179 e. The van der Waals surface area contributed by atoms with Crippen molar-refractivity contribution >= 4 is 39.9 Å². The Morgan fingerprint density at radius 3 is 2.57 bits per heavy atom. The van der Waals surface area contributed by atoms with Crippen molar-refractivity contribution in [2.75, 3.05) is 19.5 Å². The molecule has 0 radical (unpaired) electrons. The maximum absolute atomic E-state index is 13.1. The third kappa shape index (κ3) is 3.91. The molecular weight excluding hydrogens is 408 g/mol. The van der Waals surface area contributed by atoms with Crippen LogP contribution in [0.5, 0.6) is 11.5 Å². The van der Waals surface area contributed by atoms with Crippen LogP contribution in [0.25, 0.3) is 0 Å². The largest absolute Gasteiger partial charge is 0.493 e. The van der Waals surface area contributed by atoms with Crippen molar-refractivity contribution in [1.82, 2.24) is 0 Å². The van der Waals surface area contributed by atoms with Gasteiger partial charge in [0, 0.05) is 15.8 Å². The Bertz CT molecular complexity index is 652. The van der Waals surface area contributed by atoms with E-state index in [0.29, 0.717) is 23.1 Å². The summed E-state index contributed by atoms with van der Waals surface area (Å²) < 4.78 is 24.3. The van der Waals surface area contributed by atoms with Gasteiger partial charge in [-0.05, 0) is 58.5 Å². The van der Waals surface area contributed by atoms with E-state index in [-0.39, 0.29) is 5.82 Å². The molecule has 0 heterocycles. The van der Waals surface area contributed by atoms with E-state index in [4.69, 9.17) is 21.1 Å². The summed E-state index contributed by atoms with van der Waals surface area (Å²) in [6.45, 7) is 0.543. The second-order valence-electron chi connectivity index (χ2n) is 4.29. The number of anilines is 1. The van der Waals surface area contributed by atoms with Crippen LogP contribution in [-0.4, -0.2) is 14.2 Å². The number of rotatable bonds is 5. The van der Waals surface area contributed by atoms with E-state index in [0.717, 1.165) is 14.8 Å². The predicted octanol–water partition coefficient (Wildman–Crippen LogP) is 4.71. The first-order valence-corrected chi connectivity index (χ1v) is 7.60. The quantitative estimate of drug-likeness (QED) is 0.709. The summed E-state index contributed by atoms with van der Waals surface area (Å²) in [5.74, 6) is 0.842. The van der Waals surface area contributed by atoms with Crippen molar-refractivity contribution < 1.29 is 13.9 Å². The number of methoxy groups -OCH3 is 2. The molecule has 0 unspecified atom stereocenters. The fourth-order valence-corrected chi connectivity index (χ4v) is 2.88. The maximum Gasteiger partial charge on any atom is 0.179 e. The van der Waals surface area contributed by atoms with Crippen LogP contribution in [0.3, 0.4) is 0 Å². The molecule has 6 heteroatoms. The van der Waals surface area contributed by atoms with Crippen molar-refractivity contribution in [2.45, 2.75) is 6.54 Å². The zero-order valence-electron chi connectivity index (χ0n) is 11.5. The first-order valence-electron chi connectivity index (χ1n) is 6.14. The highest BCUT2D eigenvalue weighted by Gasteiger charge is 2.11. The molecular formula is C15H14ClFINO2. The molecule has 0 bridgehead atoms. The summed E-state index contributed by atoms with van der Waals surface area (Å²) in [5, 5.41) is 3.73. The first kappa shape index (κ1) is 16.2. The Kier molecular flexibility index (Phi) is 5.52. The average molecular weight is 422 g/mol. The lowest BCUT2D eigenvalue weighted by Crippen LogP contribution is -2.02. The van der Waals surface area contributed by atoms with Crippen molar-refractivity contribution in [3.8, 4) is 11.5 Å². The van der Waals surface area contributed by atoms with Gasteiger partial charge in [-0.3, -0.25) is 0 Å². The molecule has 0 fully saturated rings. The second kappa shape index (κ2) is 7.17. The van der Waals surface area contributed by atoms with Crippen molar-refractivity contribution in [3.63, 3.8) is 0 Å². The molecule has 0 saturated carbocycles. The van der Waals surface area contributed by atoms with E-state index >= 15 is 0 Å². The fraction of sp³-hybridized carbons (Fsp3) is 0.200. The van der Waals surface area contributed by atoms with E-state index in [1.54, 1.807) is 20.3 Å². The van der Waals surface area contributed by atoms with Gasteiger partial charge in [-0.15, -0.1) is 0 Å². The molecule has 0 spiro atoms. The zero-order valence-corrected chi connectivity index (χ0v) is 14.5. The first-order chi connectivity index (χ1) is 10.0. The van der Waals surface area contributed by atoms with Crippen LogP contribution in [0.1, 0.15) is 5.56 Å². The molecule has 2 aromatic rings. The van der Waals surface area contributed by atoms with E-state index < -0.39 is 0 Å². The van der Waals surface area contributed by atoms with Gasteiger partial charge >= 0.3 is 0 Å². The van der Waals surface area contributed by atoms with Crippen molar-refractivity contribution in [3.05, 3.63) is 50.3 Å². The standard InChI is InChI=1S/C15H14ClFINO2/c1-20-14-6-9(5-11(16)15(14)21-2)8-19-13-4-3-10(17)7-12(13)18/h3-7,19H,8H2,1-2H3. The lowest BCUT2D eigenvalue weighted by molar-refractivity contribution is 0.355. The molecule has 2 rings (SSSR count). The SMILES string of the molecule is COc1cc(CNc2ccc(F)cc2I)cc(Cl)c1OC. The van der Waals surface area contributed by atoms with E-state index in [1.807, 2.05) is 12.1 Å². The fourth-order valence-electron chi connectivity index (χ4n) is 1.90. The number of ether oxygens (including phenoxy) is 2. The van der Waals surface area contributed by atoms with Crippen LogP contribution in [0.4, 0.5) is 10.1 Å². The van der Waals surface area contributed by atoms with Gasteiger partial charge in [0.2, 0.25) is 0 Å². The normalized spacial score (nSPS) is 10.3. The molecule has 3 nitrogen and oxygen atoms in total. The monoisotopic (exact) mass is 421 g/mol. The minimum absolute atomic E-state index is 0.251. The predicted molar refractivity (Wildman–Crippen MR) is 91.0 cm³/mol. The van der Waals surface area contributed by atoms with Gasteiger partial charge in [0.15, 0.2) is 11.5 Å². The highest BCUT2D eigenvalue weighted by atomic mass is 127. The van der Waals surface area contributed by atoms with E-state index in [1.165, 1.54) is 12.1 Å². The van der Waals surface area contributed by atoms with Crippen LogP contribution < -0.4 is 14.8 Å². The average Bonchev–Trinajstić information content (AvgIpc) is 2.45. The Morgan fingerprint density at radius 2 is 1.95 bits per heavy atom. The van der Waals surface area contributed by atoms with Crippen LogP contribution in [0.2, 0.25) is 5.02 Å². The molecule has 1 N–H and O–H groups in total. The minimum atomic E-state index is -0.251. The molecule has 0 aliphatic heterocycles. The van der Waals surface area contributed by atoms with E-state index in [9.17, 15) is 4.39 Å². The Hall–Kier alpha value is -1.21. The molecule has 0 saturated heterocycles. The minimum Gasteiger partial charge on any atom is -0.493 e. The molecule has 0 aromatic heterocycles. The summed E-state index contributed by atoms with van der Waals surface area (Å²) in [5.41, 5.74) is 1.81. The van der Waals surface area contributed by atoms with Gasteiger partial charge in [-0.25, -0.2) is 4.39 Å². The van der Waals surface area contributed by atoms with Crippen molar-refractivity contribution in [1.29, 1.82) is 0 Å². The summed E-state index contributed by atoms with van der Waals surface area (Å²) in [6.07, 6.45) is 0. The topological polar surface area (TPSA) is 30.5 Å². The number of nitrogens with one attached hydrogen (secondary N) is 1. The highest BCUT2D eigenvalue weighted by Crippen LogP contribution is 2.36. The van der Waals surface area contributed by atoms with Crippen LogP contribution in [0.15, 0.2) is 30.3 Å². The second-order valence-corrected chi connectivity index (χ2v) is 5.86. The lowest BCUT2D eigenvalue weighted by Gasteiger charge is -2.13. The molecule has 112 valence electrons. The molecule has 0 amide bonds. The molecule has 0 atom stereocenters. The molecule has 0 aliphatic rings. The van der Waals surface area contributed by atoms with Crippen LogP contribution in [-0.2, 0) is 6.54 Å². The van der Waals surface area contributed by atoms with Gasteiger partial charge < -0.3 is 14.8 Å². The summed E-state index contributed by atoms with van der Waals surface area (Å²) in [6, 6.07) is 8.27. The zero-order chi connectivity index (χ0) is 15.4. The number of hydrogen-bond acceptors (Lipinski definition) is 3. The lowest BCUT2D eigenvalue weighted by atomic mass is 10.2. The van der Waals surface area contributed by atoms with Gasteiger partial charge in [0.1, 0.15) is 5.82 Å². The third-order valence-electron chi connectivity index (χ3n) is 2.91. The van der Waals surface area contributed by atoms with Gasteiger partial charge in [0.05, 0.1) is 19.2 Å². The van der Waals surface area contributed by atoms with Gasteiger partial charge in [0.25, 0.3) is 0 Å². The molecule has 2 aromatic carbocycles. The third-order valence-corrected chi connectivity index (χ3v) is 4.08. The number of benzene rings is 2. The van der Waals surface area contributed by atoms with Gasteiger partial charge in [-0.1, -0.05) is 11.6 Å². The Labute approximate surface area is 141 Å². The molecule has 21 heavy (non-hydrogen) atoms. The maximum atomic E-state index is 13.1. The summed E-state index contributed by atoms with van der Waals surface area (Å²) in [4.78, 5) is 0. The van der Waals surface area contributed by atoms with Crippen molar-refractivity contribution in [2.24, 2.45) is 0 Å². The number of halogens is 3. The number of hydrogen-bond donors (Lipinski definition) is 1. The molecule has 0 aliphatic carbocycles. The Morgan fingerprint density at radius 1 is 1.19 bits per heavy atom. The highest BCUT2D eigenvalue weighted by molar-refractivity contribution is 14.1. The summed E-state index contributed by atoms with van der Waals surface area (Å²) in [7, 11) is 3.11. The van der Waals surface area contributed by atoms with Crippen LogP contribution >= 0.6 is 34.2 Å². The van der Waals surface area contributed by atoms with Gasteiger partial charge in [-0.2, -0.15) is 0 Å². The van der Waals surface area contributed by atoms with E-state index in [2.05, 4.69) is 27.9 Å².